The average Bonchev–Trinajstić information content (AvgIpc) is 3.03. The Labute approximate surface area is 155 Å². The smallest absolute Gasteiger partial charge is 0.214 e. The Balaban J connectivity index is 1.80. The molecular formula is C20H26FNO3S. The third-order valence-corrected chi connectivity index (χ3v) is 7.09. The number of nitrogens with one attached hydrogen (secondary N) is 1. The first kappa shape index (κ1) is 19.3. The van der Waals surface area contributed by atoms with Crippen molar-refractivity contribution in [1.29, 1.82) is 0 Å². The van der Waals surface area contributed by atoms with Gasteiger partial charge in [0.2, 0.25) is 10.0 Å². The monoisotopic (exact) mass is 379 g/mol. The summed E-state index contributed by atoms with van der Waals surface area (Å²) < 4.78 is 46.0. The van der Waals surface area contributed by atoms with Crippen LogP contribution in [0.1, 0.15) is 32.8 Å². The molecule has 6 heteroatoms. The SMILES string of the molecule is CC1CC([C@H]2COC[C@H]2NS(=O)(=O)C(C)C)=CC=C1c1ccc(F)cc1. The fourth-order valence-corrected chi connectivity index (χ4v) is 4.50. The summed E-state index contributed by atoms with van der Waals surface area (Å²) >= 11 is 0. The second-order valence-corrected chi connectivity index (χ2v) is 9.71. The first-order valence-electron chi connectivity index (χ1n) is 9.03. The number of ether oxygens (including phenoxy) is 1. The van der Waals surface area contributed by atoms with Gasteiger partial charge in [-0.2, -0.15) is 0 Å². The molecule has 1 aliphatic carbocycles. The third-order valence-electron chi connectivity index (χ3n) is 5.22. The normalized spacial score (nSPS) is 26.7. The maximum absolute atomic E-state index is 13.2. The van der Waals surface area contributed by atoms with E-state index in [4.69, 9.17) is 4.74 Å². The van der Waals surface area contributed by atoms with Gasteiger partial charge in [0, 0.05) is 5.92 Å². The van der Waals surface area contributed by atoms with Gasteiger partial charge in [-0.15, -0.1) is 0 Å². The predicted octanol–water partition coefficient (Wildman–Crippen LogP) is 3.52. The van der Waals surface area contributed by atoms with Gasteiger partial charge in [-0.3, -0.25) is 0 Å². The van der Waals surface area contributed by atoms with Crippen molar-refractivity contribution in [3.05, 3.63) is 53.4 Å². The Kier molecular flexibility index (Phi) is 5.65. The lowest BCUT2D eigenvalue weighted by atomic mass is 9.79. The zero-order valence-corrected chi connectivity index (χ0v) is 16.2. The Morgan fingerprint density at radius 1 is 1.15 bits per heavy atom. The van der Waals surface area contributed by atoms with E-state index in [1.165, 1.54) is 23.3 Å². The van der Waals surface area contributed by atoms with Crippen LogP contribution >= 0.6 is 0 Å². The molecule has 1 aromatic rings. The fraction of sp³-hybridized carbons (Fsp3) is 0.500. The van der Waals surface area contributed by atoms with Crippen LogP contribution in [0.5, 0.6) is 0 Å². The molecule has 1 unspecified atom stereocenters. The summed E-state index contributed by atoms with van der Waals surface area (Å²) in [6.45, 7) is 6.42. The van der Waals surface area contributed by atoms with E-state index in [2.05, 4.69) is 23.8 Å². The molecule has 1 heterocycles. The summed E-state index contributed by atoms with van der Waals surface area (Å²) in [5.74, 6) is 0.0952. The Hall–Kier alpha value is -1.50. The van der Waals surface area contributed by atoms with Gasteiger partial charge >= 0.3 is 0 Å². The van der Waals surface area contributed by atoms with Gasteiger partial charge in [0.25, 0.3) is 0 Å². The molecule has 1 fully saturated rings. The molecule has 2 aliphatic rings. The lowest BCUT2D eigenvalue weighted by Crippen LogP contribution is -2.43. The minimum Gasteiger partial charge on any atom is -0.379 e. The van der Waals surface area contributed by atoms with E-state index in [0.29, 0.717) is 13.2 Å². The quantitative estimate of drug-likeness (QED) is 0.852. The van der Waals surface area contributed by atoms with Crippen molar-refractivity contribution in [2.75, 3.05) is 13.2 Å². The first-order chi connectivity index (χ1) is 12.3. The van der Waals surface area contributed by atoms with E-state index in [1.807, 2.05) is 0 Å². The summed E-state index contributed by atoms with van der Waals surface area (Å²) in [6.07, 6.45) is 4.99. The lowest BCUT2D eigenvalue weighted by molar-refractivity contribution is 0.186. The average molecular weight is 379 g/mol. The van der Waals surface area contributed by atoms with E-state index >= 15 is 0 Å². The minimum absolute atomic E-state index is 0.0528. The molecular weight excluding hydrogens is 353 g/mol. The van der Waals surface area contributed by atoms with E-state index in [-0.39, 0.29) is 23.7 Å². The number of allylic oxidation sites excluding steroid dienone is 3. The van der Waals surface area contributed by atoms with Crippen molar-refractivity contribution >= 4 is 15.6 Å². The largest absolute Gasteiger partial charge is 0.379 e. The molecule has 1 aromatic carbocycles. The molecule has 142 valence electrons. The van der Waals surface area contributed by atoms with E-state index in [1.54, 1.807) is 26.0 Å². The van der Waals surface area contributed by atoms with Crippen LogP contribution in [0.2, 0.25) is 0 Å². The van der Waals surface area contributed by atoms with Gasteiger partial charge in [-0.1, -0.05) is 36.8 Å². The lowest BCUT2D eigenvalue weighted by Gasteiger charge is -2.28. The molecule has 3 rings (SSSR count). The van der Waals surface area contributed by atoms with E-state index in [9.17, 15) is 12.8 Å². The summed E-state index contributed by atoms with van der Waals surface area (Å²) in [5, 5.41) is -0.465. The summed E-state index contributed by atoms with van der Waals surface area (Å²) in [7, 11) is -3.33. The van der Waals surface area contributed by atoms with Gasteiger partial charge in [0.05, 0.1) is 24.5 Å². The Morgan fingerprint density at radius 2 is 1.85 bits per heavy atom. The van der Waals surface area contributed by atoms with E-state index < -0.39 is 15.3 Å². The highest BCUT2D eigenvalue weighted by molar-refractivity contribution is 7.90. The Morgan fingerprint density at radius 3 is 2.46 bits per heavy atom. The number of rotatable bonds is 5. The third kappa shape index (κ3) is 4.08. The number of sulfonamides is 1. The number of benzene rings is 1. The zero-order valence-electron chi connectivity index (χ0n) is 15.4. The molecule has 0 amide bonds. The predicted molar refractivity (Wildman–Crippen MR) is 102 cm³/mol. The van der Waals surface area contributed by atoms with Gasteiger partial charge in [-0.25, -0.2) is 17.5 Å². The van der Waals surface area contributed by atoms with Crippen LogP contribution in [-0.2, 0) is 14.8 Å². The number of halogens is 1. The van der Waals surface area contributed by atoms with Crippen LogP contribution in [0, 0.1) is 17.7 Å². The topological polar surface area (TPSA) is 55.4 Å². The van der Waals surface area contributed by atoms with Gasteiger partial charge in [-0.05, 0) is 49.5 Å². The second kappa shape index (κ2) is 7.62. The molecule has 0 spiro atoms. The standard InChI is InChI=1S/C20H26FNO3S/c1-13(2)26(23,24)22-20-12-25-11-19(20)16-6-9-18(14(3)10-16)15-4-7-17(21)8-5-15/h4-9,13-14,19-20,22H,10-12H2,1-3H3/t14?,19-,20-/m1/s1. The highest BCUT2D eigenvalue weighted by atomic mass is 32.2. The van der Waals surface area contributed by atoms with Crippen molar-refractivity contribution in [2.24, 2.45) is 11.8 Å². The molecule has 26 heavy (non-hydrogen) atoms. The van der Waals surface area contributed by atoms with Crippen molar-refractivity contribution in [3.8, 4) is 0 Å². The van der Waals surface area contributed by atoms with Gasteiger partial charge < -0.3 is 4.74 Å². The molecule has 0 saturated carbocycles. The van der Waals surface area contributed by atoms with E-state index in [0.717, 1.165) is 12.0 Å². The van der Waals surface area contributed by atoms with Crippen LogP contribution < -0.4 is 4.72 Å². The summed E-state index contributed by atoms with van der Waals surface area (Å²) in [6, 6.07) is 6.33. The van der Waals surface area contributed by atoms with Crippen molar-refractivity contribution in [2.45, 2.75) is 38.5 Å². The Bertz CT molecular complexity index is 812. The molecule has 0 bridgehead atoms. The highest BCUT2D eigenvalue weighted by Crippen LogP contribution is 2.37. The van der Waals surface area contributed by atoms with Crippen LogP contribution in [0.15, 0.2) is 42.0 Å². The maximum Gasteiger partial charge on any atom is 0.214 e. The van der Waals surface area contributed by atoms with Crippen LogP contribution in [0.3, 0.4) is 0 Å². The first-order valence-corrected chi connectivity index (χ1v) is 10.6. The highest BCUT2D eigenvalue weighted by Gasteiger charge is 2.36. The van der Waals surface area contributed by atoms with Crippen LogP contribution in [-0.4, -0.2) is 32.9 Å². The molecule has 0 radical (unpaired) electrons. The van der Waals surface area contributed by atoms with Crippen molar-refractivity contribution in [3.63, 3.8) is 0 Å². The van der Waals surface area contributed by atoms with Crippen molar-refractivity contribution in [1.82, 2.24) is 4.72 Å². The molecule has 1 aliphatic heterocycles. The second-order valence-electron chi connectivity index (χ2n) is 7.44. The molecule has 0 aromatic heterocycles. The van der Waals surface area contributed by atoms with Gasteiger partial charge in [0.15, 0.2) is 0 Å². The van der Waals surface area contributed by atoms with Crippen LogP contribution in [0.4, 0.5) is 4.39 Å². The summed E-state index contributed by atoms with van der Waals surface area (Å²) in [4.78, 5) is 0. The zero-order chi connectivity index (χ0) is 18.9. The molecule has 1 N–H and O–H groups in total. The molecule has 4 nitrogen and oxygen atoms in total. The molecule has 1 saturated heterocycles. The molecule has 3 atom stereocenters. The van der Waals surface area contributed by atoms with Crippen LogP contribution in [0.25, 0.3) is 5.57 Å². The number of hydrogen-bond donors (Lipinski definition) is 1. The summed E-state index contributed by atoms with van der Waals surface area (Å²) in [5.41, 5.74) is 3.40. The minimum atomic E-state index is -3.33. The maximum atomic E-state index is 13.2. The van der Waals surface area contributed by atoms with Crippen molar-refractivity contribution < 1.29 is 17.5 Å². The fourth-order valence-electron chi connectivity index (χ4n) is 3.57. The number of hydrogen-bond acceptors (Lipinski definition) is 3. The van der Waals surface area contributed by atoms with Gasteiger partial charge in [0.1, 0.15) is 5.82 Å².